The average molecular weight is 263 g/mol. The summed E-state index contributed by atoms with van der Waals surface area (Å²) >= 11 is 0. The van der Waals surface area contributed by atoms with Crippen molar-refractivity contribution in [2.45, 2.75) is 25.3 Å². The number of fused-ring (bicyclic) bond motifs is 2. The van der Waals surface area contributed by atoms with Crippen molar-refractivity contribution in [3.63, 3.8) is 0 Å². The van der Waals surface area contributed by atoms with Crippen LogP contribution in [0.5, 0.6) is 0 Å². The topological polar surface area (TPSA) is 24.1 Å². The van der Waals surface area contributed by atoms with E-state index in [9.17, 15) is 0 Å². The second-order valence-electron chi connectivity index (χ2n) is 5.65. The van der Waals surface area contributed by atoms with Crippen LogP contribution in [0, 0.1) is 6.07 Å². The first-order valence-corrected chi connectivity index (χ1v) is 7.52. The summed E-state index contributed by atoms with van der Waals surface area (Å²) in [5.74, 6) is 0. The summed E-state index contributed by atoms with van der Waals surface area (Å²) in [6.07, 6.45) is 3.50. The highest BCUT2D eigenvalue weighted by molar-refractivity contribution is 5.62. The fourth-order valence-corrected chi connectivity index (χ4v) is 3.48. The van der Waals surface area contributed by atoms with Crippen LogP contribution in [-0.2, 0) is 12.8 Å². The van der Waals surface area contributed by atoms with Crippen LogP contribution in [0.2, 0.25) is 0 Å². The Labute approximate surface area is 120 Å². The summed E-state index contributed by atoms with van der Waals surface area (Å²) in [6, 6.07) is 16.8. The van der Waals surface area contributed by atoms with Crippen molar-refractivity contribution in [2.24, 2.45) is 0 Å². The molecule has 1 atom stereocenters. The van der Waals surface area contributed by atoms with E-state index >= 15 is 0 Å². The zero-order valence-corrected chi connectivity index (χ0v) is 11.6. The fourth-order valence-electron chi connectivity index (χ4n) is 3.48. The number of para-hydroxylation sites is 1. The molecule has 0 saturated carbocycles. The molecule has 101 valence electrons. The number of aryl methyl sites for hydroxylation is 1. The molecule has 0 amide bonds. The Morgan fingerprint density at radius 3 is 2.95 bits per heavy atom. The van der Waals surface area contributed by atoms with Crippen LogP contribution in [0.4, 0.5) is 5.69 Å². The van der Waals surface area contributed by atoms with Gasteiger partial charge in [0, 0.05) is 18.8 Å². The van der Waals surface area contributed by atoms with E-state index in [-0.39, 0.29) is 0 Å². The molecule has 0 fully saturated rings. The van der Waals surface area contributed by atoms with Crippen molar-refractivity contribution in [3.8, 4) is 0 Å². The molecule has 1 radical (unpaired) electrons. The molecule has 2 heteroatoms. The summed E-state index contributed by atoms with van der Waals surface area (Å²) in [6.45, 7) is 2.12. The highest BCUT2D eigenvalue weighted by atomic mass is 14.9. The van der Waals surface area contributed by atoms with Gasteiger partial charge in [-0.05, 0) is 47.6 Å². The van der Waals surface area contributed by atoms with Crippen LogP contribution >= 0.6 is 0 Å². The molecular weight excluding hydrogens is 244 g/mol. The van der Waals surface area contributed by atoms with Gasteiger partial charge in [-0.2, -0.15) is 0 Å². The average Bonchev–Trinajstić information content (AvgIpc) is 2.54. The van der Waals surface area contributed by atoms with E-state index in [1.54, 1.807) is 0 Å². The lowest BCUT2D eigenvalue weighted by molar-refractivity contribution is 0.567. The van der Waals surface area contributed by atoms with Gasteiger partial charge in [-0.1, -0.05) is 36.4 Å². The van der Waals surface area contributed by atoms with Crippen molar-refractivity contribution >= 4 is 5.69 Å². The first-order chi connectivity index (χ1) is 9.93. The predicted octanol–water partition coefficient (Wildman–Crippen LogP) is 3.08. The predicted molar refractivity (Wildman–Crippen MR) is 82.1 cm³/mol. The minimum Gasteiger partial charge on any atom is -0.385 e. The first-order valence-electron chi connectivity index (χ1n) is 7.52. The molecule has 2 aromatic rings. The quantitative estimate of drug-likeness (QED) is 0.826. The summed E-state index contributed by atoms with van der Waals surface area (Å²) in [7, 11) is 0. The largest absolute Gasteiger partial charge is 0.385 e. The van der Waals surface area contributed by atoms with Crippen molar-refractivity contribution in [3.05, 3.63) is 64.7 Å². The van der Waals surface area contributed by atoms with E-state index in [1.807, 2.05) is 6.07 Å². The Balaban J connectivity index is 1.83. The normalized spacial score (nSPS) is 20.7. The second kappa shape index (κ2) is 4.95. The number of hydrogen-bond donors (Lipinski definition) is 2. The Morgan fingerprint density at radius 2 is 1.95 bits per heavy atom. The molecule has 4 rings (SSSR count). The zero-order valence-electron chi connectivity index (χ0n) is 11.6. The lowest BCUT2D eigenvalue weighted by Crippen LogP contribution is -2.31. The Hall–Kier alpha value is -1.80. The lowest BCUT2D eigenvalue weighted by Gasteiger charge is -2.31. The second-order valence-corrected chi connectivity index (χ2v) is 5.65. The van der Waals surface area contributed by atoms with E-state index in [0.717, 1.165) is 19.5 Å². The molecule has 0 aliphatic carbocycles. The van der Waals surface area contributed by atoms with Gasteiger partial charge >= 0.3 is 0 Å². The van der Waals surface area contributed by atoms with Crippen molar-refractivity contribution in [1.82, 2.24) is 5.32 Å². The molecule has 0 saturated heterocycles. The third-order valence-corrected chi connectivity index (χ3v) is 4.43. The molecule has 2 aromatic carbocycles. The maximum atomic E-state index is 3.68. The van der Waals surface area contributed by atoms with Crippen LogP contribution in [0.1, 0.15) is 34.7 Å². The number of nitrogens with one attached hydrogen (secondary N) is 2. The number of hydrogen-bond acceptors (Lipinski definition) is 2. The third-order valence-electron chi connectivity index (χ3n) is 4.43. The monoisotopic (exact) mass is 263 g/mol. The maximum absolute atomic E-state index is 3.68. The van der Waals surface area contributed by atoms with Crippen molar-refractivity contribution in [1.29, 1.82) is 0 Å². The molecule has 2 heterocycles. The molecule has 0 aromatic heterocycles. The van der Waals surface area contributed by atoms with Gasteiger partial charge in [-0.15, -0.1) is 0 Å². The molecule has 20 heavy (non-hydrogen) atoms. The van der Waals surface area contributed by atoms with Gasteiger partial charge in [-0.3, -0.25) is 0 Å². The van der Waals surface area contributed by atoms with Gasteiger partial charge in [0.05, 0.1) is 6.04 Å². The molecule has 0 bridgehead atoms. The molecule has 2 N–H and O–H groups in total. The molecule has 2 nitrogen and oxygen atoms in total. The number of anilines is 1. The van der Waals surface area contributed by atoms with Gasteiger partial charge in [-0.25, -0.2) is 0 Å². The van der Waals surface area contributed by atoms with E-state index in [0.29, 0.717) is 6.04 Å². The zero-order chi connectivity index (χ0) is 13.4. The van der Waals surface area contributed by atoms with Gasteiger partial charge in [0.25, 0.3) is 0 Å². The van der Waals surface area contributed by atoms with Crippen LogP contribution in [0.15, 0.2) is 36.4 Å². The SMILES string of the molecule is [c]1cccc2c1CCNC2c1cccc2c1NCCC2. The van der Waals surface area contributed by atoms with Crippen LogP contribution in [0.3, 0.4) is 0 Å². The van der Waals surface area contributed by atoms with Crippen LogP contribution in [0.25, 0.3) is 0 Å². The number of rotatable bonds is 1. The smallest absolute Gasteiger partial charge is 0.0600 e. The standard InChI is InChI=1S/C18H19N2/c1-2-8-15-13(5-1)10-12-20-18(15)16-9-3-6-14-7-4-11-19-17(14)16/h1-3,6,8-9,18-20H,4,7,10-12H2. The van der Waals surface area contributed by atoms with Crippen molar-refractivity contribution in [2.75, 3.05) is 18.4 Å². The number of benzene rings is 2. The first kappa shape index (κ1) is 12.0. The minimum atomic E-state index is 0.303. The molecule has 1 unspecified atom stereocenters. The highest BCUT2D eigenvalue weighted by Gasteiger charge is 2.24. The maximum Gasteiger partial charge on any atom is 0.0600 e. The lowest BCUT2D eigenvalue weighted by atomic mass is 9.87. The summed E-state index contributed by atoms with van der Waals surface area (Å²) in [5, 5.41) is 7.29. The summed E-state index contributed by atoms with van der Waals surface area (Å²) < 4.78 is 0. The van der Waals surface area contributed by atoms with Gasteiger partial charge in [0.1, 0.15) is 0 Å². The van der Waals surface area contributed by atoms with E-state index in [4.69, 9.17) is 0 Å². The Kier molecular flexibility index (Phi) is 2.96. The Bertz CT molecular complexity index is 633. The van der Waals surface area contributed by atoms with Gasteiger partial charge in [0.15, 0.2) is 0 Å². The van der Waals surface area contributed by atoms with E-state index in [2.05, 4.69) is 47.0 Å². The molecule has 2 aliphatic heterocycles. The summed E-state index contributed by atoms with van der Waals surface area (Å²) in [4.78, 5) is 0. The highest BCUT2D eigenvalue weighted by Crippen LogP contribution is 2.36. The van der Waals surface area contributed by atoms with E-state index in [1.165, 1.54) is 40.8 Å². The summed E-state index contributed by atoms with van der Waals surface area (Å²) in [5.41, 5.74) is 6.96. The molecular formula is C18H19N2. The van der Waals surface area contributed by atoms with E-state index < -0.39 is 0 Å². The fraction of sp³-hybridized carbons (Fsp3) is 0.333. The third kappa shape index (κ3) is 1.92. The Morgan fingerprint density at radius 1 is 1.00 bits per heavy atom. The van der Waals surface area contributed by atoms with Crippen LogP contribution in [-0.4, -0.2) is 13.1 Å². The molecule has 2 aliphatic rings. The minimum absolute atomic E-state index is 0.303. The van der Waals surface area contributed by atoms with Gasteiger partial charge < -0.3 is 10.6 Å². The van der Waals surface area contributed by atoms with Crippen LogP contribution < -0.4 is 10.6 Å². The van der Waals surface area contributed by atoms with Gasteiger partial charge in [0.2, 0.25) is 0 Å². The molecule has 0 spiro atoms. The van der Waals surface area contributed by atoms with Crippen molar-refractivity contribution < 1.29 is 0 Å².